The van der Waals surface area contributed by atoms with Crippen LogP contribution in [0.25, 0.3) is 11.0 Å². The molecule has 1 aromatic carbocycles. The average molecular weight is 379 g/mol. The molecule has 1 aliphatic heterocycles. The SMILES string of the molecule is NC(=O)c1cncc2[nH]c(C3CCN(C(=O)OCc4ccccc4)CC3)nc12. The molecule has 0 radical (unpaired) electrons. The van der Waals surface area contributed by atoms with Crippen LogP contribution >= 0.6 is 0 Å². The Labute approximate surface area is 161 Å². The first-order chi connectivity index (χ1) is 13.6. The zero-order valence-electron chi connectivity index (χ0n) is 15.3. The van der Waals surface area contributed by atoms with E-state index >= 15 is 0 Å². The molecule has 4 rings (SSSR count). The minimum Gasteiger partial charge on any atom is -0.445 e. The van der Waals surface area contributed by atoms with Gasteiger partial charge in [-0.2, -0.15) is 0 Å². The van der Waals surface area contributed by atoms with E-state index in [2.05, 4.69) is 15.0 Å². The van der Waals surface area contributed by atoms with Crippen LogP contribution in [-0.2, 0) is 11.3 Å². The summed E-state index contributed by atoms with van der Waals surface area (Å²) in [5.74, 6) is 0.418. The van der Waals surface area contributed by atoms with E-state index in [4.69, 9.17) is 10.5 Å². The molecule has 8 heteroatoms. The Hall–Kier alpha value is -3.42. The number of nitrogens with two attached hydrogens (primary N) is 1. The summed E-state index contributed by atoms with van der Waals surface area (Å²) in [5.41, 5.74) is 7.91. The molecule has 2 aromatic heterocycles. The molecular formula is C20H21N5O3. The topological polar surface area (TPSA) is 114 Å². The summed E-state index contributed by atoms with van der Waals surface area (Å²) >= 11 is 0. The van der Waals surface area contributed by atoms with Crippen molar-refractivity contribution in [2.45, 2.75) is 25.4 Å². The maximum absolute atomic E-state index is 12.3. The number of aromatic nitrogens is 3. The van der Waals surface area contributed by atoms with Gasteiger partial charge in [-0.3, -0.25) is 9.78 Å². The third-order valence-corrected chi connectivity index (χ3v) is 5.02. The number of carbonyl (C=O) groups excluding carboxylic acids is 2. The average Bonchev–Trinajstić information content (AvgIpc) is 3.17. The van der Waals surface area contributed by atoms with Gasteiger partial charge in [-0.15, -0.1) is 0 Å². The van der Waals surface area contributed by atoms with E-state index in [0.717, 1.165) is 24.2 Å². The number of H-pyrrole nitrogens is 1. The summed E-state index contributed by atoms with van der Waals surface area (Å²) in [4.78, 5) is 37.4. The molecule has 3 heterocycles. The van der Waals surface area contributed by atoms with Gasteiger partial charge in [0.1, 0.15) is 17.9 Å². The predicted molar refractivity (Wildman–Crippen MR) is 103 cm³/mol. The number of hydrogen-bond donors (Lipinski definition) is 2. The molecule has 3 N–H and O–H groups in total. The fraction of sp³-hybridized carbons (Fsp3) is 0.300. The van der Waals surface area contributed by atoms with E-state index in [-0.39, 0.29) is 18.6 Å². The van der Waals surface area contributed by atoms with Crippen LogP contribution in [0.15, 0.2) is 42.7 Å². The second-order valence-corrected chi connectivity index (χ2v) is 6.87. The maximum Gasteiger partial charge on any atom is 0.410 e. The molecule has 0 bridgehead atoms. The van der Waals surface area contributed by atoms with Crippen molar-refractivity contribution in [3.63, 3.8) is 0 Å². The third kappa shape index (κ3) is 3.66. The van der Waals surface area contributed by atoms with Crippen LogP contribution in [0.2, 0.25) is 0 Å². The van der Waals surface area contributed by atoms with Crippen molar-refractivity contribution < 1.29 is 14.3 Å². The number of amides is 2. The summed E-state index contributed by atoms with van der Waals surface area (Å²) < 4.78 is 5.40. The van der Waals surface area contributed by atoms with Crippen LogP contribution in [0.3, 0.4) is 0 Å². The molecule has 1 saturated heterocycles. The number of carbonyl (C=O) groups is 2. The number of fused-ring (bicyclic) bond motifs is 1. The minimum absolute atomic E-state index is 0.172. The lowest BCUT2D eigenvalue weighted by atomic mass is 9.96. The minimum atomic E-state index is -0.549. The molecular weight excluding hydrogens is 358 g/mol. The molecule has 3 aromatic rings. The van der Waals surface area contributed by atoms with E-state index in [0.29, 0.717) is 29.7 Å². The monoisotopic (exact) mass is 379 g/mol. The van der Waals surface area contributed by atoms with Crippen LogP contribution in [0, 0.1) is 0 Å². The summed E-state index contributed by atoms with van der Waals surface area (Å²) in [7, 11) is 0. The second kappa shape index (κ2) is 7.67. The van der Waals surface area contributed by atoms with Gasteiger partial charge >= 0.3 is 6.09 Å². The van der Waals surface area contributed by atoms with Gasteiger partial charge in [0.05, 0.1) is 17.3 Å². The van der Waals surface area contributed by atoms with Gasteiger partial charge < -0.3 is 20.4 Å². The van der Waals surface area contributed by atoms with E-state index in [9.17, 15) is 9.59 Å². The highest BCUT2D eigenvalue weighted by atomic mass is 16.6. The Balaban J connectivity index is 1.37. The number of pyridine rings is 1. The van der Waals surface area contributed by atoms with Crippen molar-refractivity contribution in [2.24, 2.45) is 5.73 Å². The number of piperidine rings is 1. The fourth-order valence-corrected chi connectivity index (χ4v) is 3.47. The summed E-state index contributed by atoms with van der Waals surface area (Å²) in [6.07, 6.45) is 4.29. The second-order valence-electron chi connectivity index (χ2n) is 6.87. The number of likely N-dealkylation sites (tertiary alicyclic amines) is 1. The molecule has 0 atom stereocenters. The third-order valence-electron chi connectivity index (χ3n) is 5.02. The quantitative estimate of drug-likeness (QED) is 0.723. The lowest BCUT2D eigenvalue weighted by Gasteiger charge is -2.30. The Morgan fingerprint density at radius 1 is 1.18 bits per heavy atom. The highest BCUT2D eigenvalue weighted by molar-refractivity contribution is 6.03. The molecule has 1 fully saturated rings. The Bertz CT molecular complexity index is 994. The molecule has 0 unspecified atom stereocenters. The highest BCUT2D eigenvalue weighted by Crippen LogP contribution is 2.28. The van der Waals surface area contributed by atoms with Gasteiger partial charge in [-0.05, 0) is 18.4 Å². The standard InChI is InChI=1S/C20H21N5O3/c21-18(26)15-10-22-11-16-17(15)24-19(23-16)14-6-8-25(9-7-14)20(27)28-12-13-4-2-1-3-5-13/h1-5,10-11,14H,6-9,12H2,(H2,21,26)(H,23,24). The zero-order chi connectivity index (χ0) is 19.5. The smallest absolute Gasteiger partial charge is 0.410 e. The zero-order valence-corrected chi connectivity index (χ0v) is 15.3. The van der Waals surface area contributed by atoms with Gasteiger partial charge in [0.25, 0.3) is 5.91 Å². The van der Waals surface area contributed by atoms with Crippen molar-refractivity contribution in [3.8, 4) is 0 Å². The summed E-state index contributed by atoms with van der Waals surface area (Å²) in [5, 5.41) is 0. The van der Waals surface area contributed by atoms with Crippen LogP contribution in [-0.4, -0.2) is 44.9 Å². The summed E-state index contributed by atoms with van der Waals surface area (Å²) in [6, 6.07) is 9.62. The van der Waals surface area contributed by atoms with Crippen molar-refractivity contribution in [3.05, 3.63) is 59.7 Å². The molecule has 0 spiro atoms. The van der Waals surface area contributed by atoms with Crippen LogP contribution in [0.4, 0.5) is 4.79 Å². The van der Waals surface area contributed by atoms with E-state index < -0.39 is 5.91 Å². The molecule has 2 amide bonds. The number of nitrogens with zero attached hydrogens (tertiary/aromatic N) is 3. The Morgan fingerprint density at radius 2 is 1.93 bits per heavy atom. The van der Waals surface area contributed by atoms with Gasteiger partial charge in [0.15, 0.2) is 0 Å². The van der Waals surface area contributed by atoms with Gasteiger partial charge in [-0.1, -0.05) is 30.3 Å². The number of nitrogens with one attached hydrogen (secondary N) is 1. The van der Waals surface area contributed by atoms with Gasteiger partial charge in [-0.25, -0.2) is 9.78 Å². The maximum atomic E-state index is 12.3. The van der Waals surface area contributed by atoms with Gasteiger partial charge in [0.2, 0.25) is 0 Å². The fourth-order valence-electron chi connectivity index (χ4n) is 3.47. The molecule has 0 aliphatic carbocycles. The predicted octanol–water partition coefficient (Wildman–Crippen LogP) is 2.57. The largest absolute Gasteiger partial charge is 0.445 e. The number of aromatic amines is 1. The highest BCUT2D eigenvalue weighted by Gasteiger charge is 2.27. The number of rotatable bonds is 4. The first-order valence-corrected chi connectivity index (χ1v) is 9.21. The van der Waals surface area contributed by atoms with Crippen molar-refractivity contribution in [2.75, 3.05) is 13.1 Å². The number of ether oxygens (including phenoxy) is 1. The number of primary amides is 1. The number of imidazole rings is 1. The first-order valence-electron chi connectivity index (χ1n) is 9.21. The molecule has 8 nitrogen and oxygen atoms in total. The Morgan fingerprint density at radius 3 is 2.64 bits per heavy atom. The first kappa shape index (κ1) is 18.0. The lowest BCUT2D eigenvalue weighted by molar-refractivity contribution is 0.0866. The van der Waals surface area contributed by atoms with Gasteiger partial charge in [0, 0.05) is 25.2 Å². The van der Waals surface area contributed by atoms with Crippen molar-refractivity contribution in [1.82, 2.24) is 19.9 Å². The van der Waals surface area contributed by atoms with Crippen molar-refractivity contribution >= 4 is 23.0 Å². The van der Waals surface area contributed by atoms with Crippen molar-refractivity contribution in [1.29, 1.82) is 0 Å². The van der Waals surface area contributed by atoms with E-state index in [1.54, 1.807) is 11.1 Å². The van der Waals surface area contributed by atoms with E-state index in [1.807, 2.05) is 30.3 Å². The number of benzene rings is 1. The lowest BCUT2D eigenvalue weighted by Crippen LogP contribution is -2.38. The molecule has 144 valence electrons. The molecule has 28 heavy (non-hydrogen) atoms. The van der Waals surface area contributed by atoms with E-state index in [1.165, 1.54) is 6.20 Å². The number of hydrogen-bond acceptors (Lipinski definition) is 5. The van der Waals surface area contributed by atoms with Crippen LogP contribution < -0.4 is 5.73 Å². The molecule has 0 saturated carbocycles. The normalized spacial score (nSPS) is 14.9. The Kier molecular flexibility index (Phi) is 4.92. The molecule has 1 aliphatic rings. The van der Waals surface area contributed by atoms with Crippen LogP contribution in [0.5, 0.6) is 0 Å². The summed E-state index contributed by atoms with van der Waals surface area (Å²) in [6.45, 7) is 1.46. The van der Waals surface area contributed by atoms with Crippen LogP contribution in [0.1, 0.15) is 40.5 Å².